The minimum Gasteiger partial charge on any atom is -0.312 e. The van der Waals surface area contributed by atoms with Crippen molar-refractivity contribution >= 4 is 26.1 Å². The highest BCUT2D eigenvalue weighted by molar-refractivity contribution is 7.82. The Morgan fingerprint density at radius 3 is 1.60 bits per heavy atom. The van der Waals surface area contributed by atoms with Crippen LogP contribution in [0.1, 0.15) is 0 Å². The molecular weight excluding hydrogens is 290 g/mol. The van der Waals surface area contributed by atoms with Gasteiger partial charge in [0.05, 0.1) is 5.90 Å². The van der Waals surface area contributed by atoms with Crippen LogP contribution in [0, 0.1) is 0 Å². The van der Waals surface area contributed by atoms with Crippen LogP contribution in [-0.2, 0) is 13.6 Å². The molecule has 0 heterocycles. The molecule has 0 fully saturated rings. The van der Waals surface area contributed by atoms with E-state index in [1.165, 1.54) is 24.8 Å². The Kier molecular flexibility index (Phi) is 5.51. The summed E-state index contributed by atoms with van der Waals surface area (Å²) < 4.78 is 22.7. The number of benzene rings is 2. The molecule has 0 spiro atoms. The normalized spacial score (nSPS) is 11.8. The van der Waals surface area contributed by atoms with Gasteiger partial charge < -0.3 is 9.05 Å². The number of hydrogen-bond acceptors (Lipinski definition) is 3. The third-order valence-corrected chi connectivity index (χ3v) is 8.48. The fraction of sp³-hybridized carbons (Fsp3) is 0.200. The highest BCUT2D eigenvalue weighted by atomic mass is 31.2. The largest absolute Gasteiger partial charge is 0.335 e. The molecule has 0 atom stereocenters. The summed E-state index contributed by atoms with van der Waals surface area (Å²) in [5.41, 5.74) is 0. The number of rotatable bonds is 6. The van der Waals surface area contributed by atoms with Crippen molar-refractivity contribution < 1.29 is 13.6 Å². The molecule has 0 aromatic heterocycles. The molecule has 2 aromatic carbocycles. The van der Waals surface area contributed by atoms with Crippen LogP contribution in [-0.4, -0.2) is 20.1 Å². The average Bonchev–Trinajstić information content (AvgIpc) is 2.54. The lowest BCUT2D eigenvalue weighted by atomic mass is 10.4. The maximum Gasteiger partial charge on any atom is 0.335 e. The highest BCUT2D eigenvalue weighted by Crippen LogP contribution is 2.56. The molecule has 20 heavy (non-hydrogen) atoms. The molecule has 0 aliphatic rings. The second-order valence-electron chi connectivity index (χ2n) is 4.22. The topological polar surface area (TPSA) is 35.5 Å². The third-order valence-electron chi connectivity index (χ3n) is 3.01. The van der Waals surface area contributed by atoms with Gasteiger partial charge in [0.15, 0.2) is 0 Å². The first kappa shape index (κ1) is 15.4. The van der Waals surface area contributed by atoms with Crippen molar-refractivity contribution in [3.05, 3.63) is 60.7 Å². The molecular formula is C15H18O3P2. The van der Waals surface area contributed by atoms with E-state index in [1.54, 1.807) is 0 Å². The van der Waals surface area contributed by atoms with Gasteiger partial charge in [-0.25, -0.2) is 0 Å². The standard InChI is InChI=1S/C15H18O3P2/c1-17-20(16,18-2)13-19(14-9-5-3-6-10-14)15-11-7-4-8-12-15/h3-12H,13H2,1-2H3. The molecule has 0 aliphatic heterocycles. The van der Waals surface area contributed by atoms with E-state index in [-0.39, 0.29) is 0 Å². The van der Waals surface area contributed by atoms with Gasteiger partial charge in [-0.3, -0.25) is 4.57 Å². The molecule has 0 N–H and O–H groups in total. The maximum atomic E-state index is 12.5. The van der Waals surface area contributed by atoms with Gasteiger partial charge in [-0.05, 0) is 18.5 Å². The molecule has 0 bridgehead atoms. The highest BCUT2D eigenvalue weighted by Gasteiger charge is 2.28. The zero-order chi connectivity index (χ0) is 14.4. The monoisotopic (exact) mass is 308 g/mol. The smallest absolute Gasteiger partial charge is 0.312 e. The van der Waals surface area contributed by atoms with Crippen molar-refractivity contribution in [1.82, 2.24) is 0 Å². The lowest BCUT2D eigenvalue weighted by Crippen LogP contribution is -2.14. The molecule has 0 amide bonds. The van der Waals surface area contributed by atoms with Gasteiger partial charge in [-0.2, -0.15) is 0 Å². The van der Waals surface area contributed by atoms with E-state index in [0.29, 0.717) is 5.90 Å². The summed E-state index contributed by atoms with van der Waals surface area (Å²) in [6.07, 6.45) is 0. The molecule has 2 aromatic rings. The van der Waals surface area contributed by atoms with Crippen LogP contribution in [0.5, 0.6) is 0 Å². The van der Waals surface area contributed by atoms with Gasteiger partial charge in [-0.1, -0.05) is 60.7 Å². The molecule has 0 aliphatic carbocycles. The second kappa shape index (κ2) is 7.15. The van der Waals surface area contributed by atoms with E-state index in [9.17, 15) is 4.57 Å². The van der Waals surface area contributed by atoms with Crippen molar-refractivity contribution in [3.63, 3.8) is 0 Å². The molecule has 0 saturated heterocycles. The molecule has 0 saturated carbocycles. The SMILES string of the molecule is COP(=O)(CP(c1ccccc1)c1ccccc1)OC. The van der Waals surface area contributed by atoms with E-state index in [0.717, 1.165) is 0 Å². The van der Waals surface area contributed by atoms with Gasteiger partial charge in [0, 0.05) is 14.2 Å². The van der Waals surface area contributed by atoms with Crippen molar-refractivity contribution in [1.29, 1.82) is 0 Å². The minimum absolute atomic E-state index is 0.392. The molecule has 2 rings (SSSR count). The van der Waals surface area contributed by atoms with Crippen LogP contribution in [0.2, 0.25) is 0 Å². The fourth-order valence-corrected chi connectivity index (χ4v) is 7.02. The zero-order valence-corrected chi connectivity index (χ0v) is 13.4. The molecule has 5 heteroatoms. The molecule has 3 nitrogen and oxygen atoms in total. The van der Waals surface area contributed by atoms with Crippen LogP contribution >= 0.6 is 15.5 Å². The van der Waals surface area contributed by atoms with Gasteiger partial charge in [0.2, 0.25) is 0 Å². The van der Waals surface area contributed by atoms with Crippen LogP contribution in [0.4, 0.5) is 0 Å². The Morgan fingerprint density at radius 2 is 1.25 bits per heavy atom. The summed E-state index contributed by atoms with van der Waals surface area (Å²) in [7, 11) is -0.926. The van der Waals surface area contributed by atoms with Crippen LogP contribution in [0.25, 0.3) is 0 Å². The van der Waals surface area contributed by atoms with E-state index in [2.05, 4.69) is 24.3 Å². The number of hydrogen-bond donors (Lipinski definition) is 0. The zero-order valence-electron chi connectivity index (χ0n) is 11.6. The Morgan fingerprint density at radius 1 is 0.850 bits per heavy atom. The van der Waals surface area contributed by atoms with E-state index in [1.807, 2.05) is 36.4 Å². The van der Waals surface area contributed by atoms with Crippen LogP contribution < -0.4 is 10.6 Å². The average molecular weight is 308 g/mol. The summed E-state index contributed by atoms with van der Waals surface area (Å²) in [4.78, 5) is 0. The lowest BCUT2D eigenvalue weighted by Gasteiger charge is -2.22. The Bertz CT molecular complexity index is 525. The molecule has 106 valence electrons. The van der Waals surface area contributed by atoms with Gasteiger partial charge in [-0.15, -0.1) is 0 Å². The van der Waals surface area contributed by atoms with Gasteiger partial charge in [0.1, 0.15) is 0 Å². The minimum atomic E-state index is -3.04. The molecule has 0 unspecified atom stereocenters. The van der Waals surface area contributed by atoms with Crippen molar-refractivity contribution in [2.24, 2.45) is 0 Å². The van der Waals surface area contributed by atoms with E-state index < -0.39 is 15.5 Å². The van der Waals surface area contributed by atoms with Crippen molar-refractivity contribution in [3.8, 4) is 0 Å². The summed E-state index contributed by atoms with van der Waals surface area (Å²) in [6, 6.07) is 20.2. The lowest BCUT2D eigenvalue weighted by molar-refractivity contribution is 0.280. The summed E-state index contributed by atoms with van der Waals surface area (Å²) in [5.74, 6) is 0.392. The van der Waals surface area contributed by atoms with E-state index >= 15 is 0 Å². The second-order valence-corrected chi connectivity index (χ2v) is 9.19. The summed E-state index contributed by atoms with van der Waals surface area (Å²) in [6.45, 7) is 0. The summed E-state index contributed by atoms with van der Waals surface area (Å²) >= 11 is 0. The predicted molar refractivity (Wildman–Crippen MR) is 85.6 cm³/mol. The Labute approximate surface area is 121 Å². The van der Waals surface area contributed by atoms with E-state index in [4.69, 9.17) is 9.05 Å². The van der Waals surface area contributed by atoms with Gasteiger partial charge in [0.25, 0.3) is 0 Å². The van der Waals surface area contributed by atoms with Crippen LogP contribution in [0.15, 0.2) is 60.7 Å². The predicted octanol–water partition coefficient (Wildman–Crippen LogP) is 3.56. The fourth-order valence-electron chi connectivity index (χ4n) is 1.89. The Hall–Kier alpha value is -0.980. The first-order chi connectivity index (χ1) is 9.68. The maximum absolute atomic E-state index is 12.5. The first-order valence-electron chi connectivity index (χ1n) is 6.27. The van der Waals surface area contributed by atoms with Gasteiger partial charge >= 0.3 is 7.60 Å². The summed E-state index contributed by atoms with van der Waals surface area (Å²) in [5, 5.41) is 2.34. The van der Waals surface area contributed by atoms with Crippen molar-refractivity contribution in [2.45, 2.75) is 0 Å². The Balaban J connectivity index is 2.38. The first-order valence-corrected chi connectivity index (χ1v) is 9.52. The quantitative estimate of drug-likeness (QED) is 0.765. The van der Waals surface area contributed by atoms with Crippen LogP contribution in [0.3, 0.4) is 0 Å². The molecule has 0 radical (unpaired) electrons. The third kappa shape index (κ3) is 3.77. The van der Waals surface area contributed by atoms with Crippen molar-refractivity contribution in [2.75, 3.05) is 20.1 Å².